The number of hydrogen-bond donors (Lipinski definition) is 0. The summed E-state index contributed by atoms with van der Waals surface area (Å²) >= 11 is 0. The summed E-state index contributed by atoms with van der Waals surface area (Å²) in [5, 5.41) is 9.02. The van der Waals surface area contributed by atoms with Gasteiger partial charge in [0.1, 0.15) is 0 Å². The maximum Gasteiger partial charge on any atom is 0.314 e. The van der Waals surface area contributed by atoms with E-state index in [-0.39, 0.29) is 0 Å². The van der Waals surface area contributed by atoms with E-state index >= 15 is 0 Å². The van der Waals surface area contributed by atoms with E-state index in [0.29, 0.717) is 5.56 Å². The van der Waals surface area contributed by atoms with Crippen LogP contribution in [0.4, 0.5) is 0 Å². The third-order valence-electron chi connectivity index (χ3n) is 6.48. The summed E-state index contributed by atoms with van der Waals surface area (Å²) in [6, 6.07) is 20.9. The van der Waals surface area contributed by atoms with Crippen LogP contribution in [0.15, 0.2) is 48.5 Å². The second-order valence-corrected chi connectivity index (χ2v) is 32.8. The average Bonchev–Trinajstić information content (AvgIpc) is 2.79. The number of nitrogens with zero attached hydrogens (tertiary/aromatic N) is 1. The summed E-state index contributed by atoms with van der Waals surface area (Å²) in [4.78, 5) is 0. The summed E-state index contributed by atoms with van der Waals surface area (Å²) in [7, 11) is -10.9. The van der Waals surface area contributed by atoms with Crippen LogP contribution in [-0.4, -0.2) is 42.3 Å². The van der Waals surface area contributed by atoms with Crippen LogP contribution in [0.5, 0.6) is 0 Å². The zero-order valence-electron chi connectivity index (χ0n) is 26.2. The first-order valence-electron chi connectivity index (χ1n) is 14.3. The van der Waals surface area contributed by atoms with E-state index in [1.54, 1.807) is 0 Å². The molecule has 0 heterocycles. The van der Waals surface area contributed by atoms with Crippen LogP contribution in [0.2, 0.25) is 77.6 Å². The number of aryl methyl sites for hydroxylation is 1. The van der Waals surface area contributed by atoms with Crippen molar-refractivity contribution in [3.8, 4) is 17.2 Å². The minimum atomic E-state index is -2.44. The third kappa shape index (κ3) is 12.5. The molecule has 0 saturated carbocycles. The first-order valence-corrected chi connectivity index (χ1v) is 28.9. The third-order valence-corrected chi connectivity index (χ3v) is 25.7. The van der Waals surface area contributed by atoms with Crippen LogP contribution in [0.25, 0.3) is 11.1 Å². The molecule has 0 bridgehead atoms. The normalized spacial score (nSPS) is 13.4. The molecule has 0 aliphatic carbocycles. The Bertz CT molecular complexity index is 1090. The predicted molar refractivity (Wildman–Crippen MR) is 177 cm³/mol. The number of unbranched alkanes of at least 4 members (excludes halogenated alkanes) is 1. The van der Waals surface area contributed by atoms with Crippen molar-refractivity contribution in [1.29, 1.82) is 5.26 Å². The summed E-state index contributed by atoms with van der Waals surface area (Å²) in [5.74, 6) is 0. The van der Waals surface area contributed by atoms with Crippen LogP contribution in [-0.2, 0) is 22.9 Å². The molecule has 0 aromatic heterocycles. The van der Waals surface area contributed by atoms with E-state index in [2.05, 4.69) is 103 Å². The Labute approximate surface area is 243 Å². The maximum atomic E-state index is 9.02. The van der Waals surface area contributed by atoms with Gasteiger partial charge in [-0.15, -0.1) is 0 Å². The van der Waals surface area contributed by atoms with Crippen molar-refractivity contribution in [2.45, 2.75) is 104 Å². The van der Waals surface area contributed by atoms with Crippen molar-refractivity contribution in [3.63, 3.8) is 0 Å². The van der Waals surface area contributed by atoms with E-state index in [1.807, 2.05) is 24.3 Å². The molecule has 39 heavy (non-hydrogen) atoms. The Balaban J connectivity index is 1.94. The second kappa shape index (κ2) is 13.7. The molecule has 2 aromatic rings. The largest absolute Gasteiger partial charge is 0.436 e. The Hall–Kier alpha value is -1.15. The lowest BCUT2D eigenvalue weighted by atomic mass is 10.0. The molecular weight excluding hydrogens is 567 g/mol. The van der Waals surface area contributed by atoms with Gasteiger partial charge in [-0.1, -0.05) is 56.2 Å². The second-order valence-electron chi connectivity index (χ2n) is 13.1. The van der Waals surface area contributed by atoms with Gasteiger partial charge in [0.05, 0.1) is 11.6 Å². The maximum absolute atomic E-state index is 9.02. The van der Waals surface area contributed by atoms with Crippen LogP contribution in [0, 0.1) is 11.3 Å². The smallest absolute Gasteiger partial charge is 0.314 e. The Morgan fingerprint density at radius 3 is 1.44 bits per heavy atom. The van der Waals surface area contributed by atoms with Gasteiger partial charge in [-0.3, -0.25) is 0 Å². The van der Waals surface area contributed by atoms with E-state index in [1.165, 1.54) is 24.4 Å². The van der Waals surface area contributed by atoms with Gasteiger partial charge in [-0.25, -0.2) is 0 Å². The molecule has 0 spiro atoms. The molecule has 5 nitrogen and oxygen atoms in total. The fourth-order valence-electron chi connectivity index (χ4n) is 5.33. The van der Waals surface area contributed by atoms with Crippen molar-refractivity contribution in [2.24, 2.45) is 0 Å². The van der Waals surface area contributed by atoms with Crippen LogP contribution < -0.4 is 0 Å². The molecule has 0 fully saturated rings. The SMILES string of the molecule is CCCC[Si](C)(C)O[Si](C)(C)O[Si](C)(C)O[Si](C)(C)O[Si](C)(C)CCc1ccc(-c2ccc(C#N)cc2)cc1. The van der Waals surface area contributed by atoms with E-state index < -0.39 is 42.3 Å². The highest BCUT2D eigenvalue weighted by molar-refractivity contribution is 6.90. The summed E-state index contributed by atoms with van der Waals surface area (Å²) in [6.07, 6.45) is 3.41. The molecule has 0 atom stereocenters. The number of nitriles is 1. The lowest BCUT2D eigenvalue weighted by Crippen LogP contribution is -2.58. The molecule has 216 valence electrons. The first kappa shape index (κ1) is 34.1. The van der Waals surface area contributed by atoms with E-state index in [4.69, 9.17) is 21.7 Å². The van der Waals surface area contributed by atoms with Crippen molar-refractivity contribution < 1.29 is 16.5 Å². The average molecular weight is 618 g/mol. The molecule has 0 N–H and O–H groups in total. The fraction of sp³-hybridized carbons (Fsp3) is 0.552. The van der Waals surface area contributed by atoms with Gasteiger partial charge >= 0.3 is 25.7 Å². The molecule has 0 unspecified atom stereocenters. The van der Waals surface area contributed by atoms with Crippen LogP contribution in [0.1, 0.15) is 30.9 Å². The zero-order chi connectivity index (χ0) is 29.5. The molecule has 2 rings (SSSR count). The van der Waals surface area contributed by atoms with Crippen molar-refractivity contribution >= 4 is 42.3 Å². The highest BCUT2D eigenvalue weighted by Crippen LogP contribution is 2.29. The van der Waals surface area contributed by atoms with Gasteiger partial charge in [-0.05, 0) is 113 Å². The van der Waals surface area contributed by atoms with Crippen molar-refractivity contribution in [2.75, 3.05) is 0 Å². The zero-order valence-corrected chi connectivity index (χ0v) is 31.2. The monoisotopic (exact) mass is 617 g/mol. The summed E-state index contributed by atoms with van der Waals surface area (Å²) in [6.45, 7) is 24.4. The molecule has 0 amide bonds. The molecule has 0 radical (unpaired) electrons. The lowest BCUT2D eigenvalue weighted by Gasteiger charge is -2.42. The molecule has 0 saturated heterocycles. The summed E-state index contributed by atoms with van der Waals surface area (Å²) in [5.41, 5.74) is 4.29. The Kier molecular flexibility index (Phi) is 11.9. The topological polar surface area (TPSA) is 60.7 Å². The fourth-order valence-corrected chi connectivity index (χ4v) is 30.0. The summed E-state index contributed by atoms with van der Waals surface area (Å²) < 4.78 is 27.0. The highest BCUT2D eigenvalue weighted by atomic mass is 28.5. The number of benzene rings is 2. The van der Waals surface area contributed by atoms with Crippen molar-refractivity contribution in [1.82, 2.24) is 0 Å². The van der Waals surface area contributed by atoms with Gasteiger partial charge < -0.3 is 16.5 Å². The molecule has 10 heteroatoms. The Morgan fingerprint density at radius 2 is 1.00 bits per heavy atom. The predicted octanol–water partition coefficient (Wildman–Crippen LogP) is 9.15. The standard InChI is InChI=1S/C29H51NO4Si5/c1-12-13-23-35(2,3)31-37(6,7)33-39(10,11)34-38(8,9)32-36(4,5)24-22-26-14-18-28(19-15-26)29-20-16-27(25-30)17-21-29/h14-21H,12-13,22-24H2,1-11H3. The number of rotatable bonds is 15. The van der Waals surface area contributed by atoms with Crippen LogP contribution >= 0.6 is 0 Å². The van der Waals surface area contributed by atoms with Crippen molar-refractivity contribution in [3.05, 3.63) is 59.7 Å². The molecule has 0 aliphatic heterocycles. The highest BCUT2D eigenvalue weighted by Gasteiger charge is 2.45. The van der Waals surface area contributed by atoms with Gasteiger partial charge in [0.2, 0.25) is 0 Å². The van der Waals surface area contributed by atoms with Gasteiger partial charge in [0.25, 0.3) is 0 Å². The minimum Gasteiger partial charge on any atom is -0.436 e. The van der Waals surface area contributed by atoms with E-state index in [9.17, 15) is 0 Å². The molecule has 2 aromatic carbocycles. The minimum absolute atomic E-state index is 0.683. The van der Waals surface area contributed by atoms with Gasteiger partial charge in [0, 0.05) is 0 Å². The Morgan fingerprint density at radius 1 is 0.590 bits per heavy atom. The molecular formula is C29H51NO4Si5. The molecule has 0 aliphatic rings. The lowest BCUT2D eigenvalue weighted by molar-refractivity contribution is 0.298. The quantitative estimate of drug-likeness (QED) is 0.187. The van der Waals surface area contributed by atoms with Gasteiger partial charge in [0.15, 0.2) is 16.6 Å². The first-order chi connectivity index (χ1) is 17.9. The number of hydrogen-bond acceptors (Lipinski definition) is 5. The van der Waals surface area contributed by atoms with Crippen LogP contribution in [0.3, 0.4) is 0 Å². The van der Waals surface area contributed by atoms with Gasteiger partial charge in [-0.2, -0.15) is 5.26 Å². The van der Waals surface area contributed by atoms with E-state index in [0.717, 1.165) is 23.6 Å².